The van der Waals surface area contributed by atoms with Gasteiger partial charge in [0.15, 0.2) is 5.78 Å². The summed E-state index contributed by atoms with van der Waals surface area (Å²) in [7, 11) is 0. The van der Waals surface area contributed by atoms with E-state index in [9.17, 15) is 4.79 Å². The molecule has 1 heterocycles. The van der Waals surface area contributed by atoms with Crippen LogP contribution in [0, 0.1) is 19.3 Å². The second-order valence-electron chi connectivity index (χ2n) is 3.39. The third-order valence-corrected chi connectivity index (χ3v) is 2.12. The molecular weight excluding hydrogens is 164 g/mol. The van der Waals surface area contributed by atoms with E-state index in [4.69, 9.17) is 4.74 Å². The van der Waals surface area contributed by atoms with Crippen molar-refractivity contribution < 1.29 is 9.53 Å². The van der Waals surface area contributed by atoms with E-state index in [0.717, 1.165) is 0 Å². The first-order chi connectivity index (χ1) is 6.11. The largest absolute Gasteiger partial charge is 0.492 e. The average Bonchev–Trinajstić information content (AvgIpc) is 2.13. The number of para-hydroxylation sites is 1. The smallest absolute Gasteiger partial charge is 0.176 e. The van der Waals surface area contributed by atoms with Gasteiger partial charge < -0.3 is 4.74 Å². The number of hydrogen-bond donors (Lipinski definition) is 0. The van der Waals surface area contributed by atoms with Crippen molar-refractivity contribution in [3.05, 3.63) is 43.7 Å². The lowest BCUT2D eigenvalue weighted by Gasteiger charge is -2.29. The van der Waals surface area contributed by atoms with Gasteiger partial charge in [0.25, 0.3) is 0 Å². The molecule has 0 bridgehead atoms. The van der Waals surface area contributed by atoms with Crippen LogP contribution in [-0.4, -0.2) is 12.4 Å². The highest BCUT2D eigenvalue weighted by Gasteiger charge is 2.35. The first-order valence-corrected chi connectivity index (χ1v) is 4.08. The van der Waals surface area contributed by atoms with Crippen LogP contribution < -0.4 is 4.74 Å². The zero-order chi connectivity index (χ0) is 9.47. The molecule has 66 valence electrons. The van der Waals surface area contributed by atoms with E-state index in [1.807, 2.05) is 12.1 Å². The van der Waals surface area contributed by atoms with Crippen molar-refractivity contribution in [2.45, 2.75) is 0 Å². The van der Waals surface area contributed by atoms with Gasteiger partial charge in [-0.25, -0.2) is 0 Å². The normalized spacial score (nSPS) is 19.1. The van der Waals surface area contributed by atoms with E-state index in [0.29, 0.717) is 11.3 Å². The Bertz CT molecular complexity index is 353. The summed E-state index contributed by atoms with van der Waals surface area (Å²) >= 11 is 0. The predicted molar refractivity (Wildman–Crippen MR) is 49.4 cm³/mol. The molecule has 13 heavy (non-hydrogen) atoms. The van der Waals surface area contributed by atoms with Crippen LogP contribution in [0.3, 0.4) is 0 Å². The highest BCUT2D eigenvalue weighted by atomic mass is 16.5. The summed E-state index contributed by atoms with van der Waals surface area (Å²) in [5.74, 6) is 0.588. The zero-order valence-corrected chi connectivity index (χ0v) is 7.25. The number of benzene rings is 1. The van der Waals surface area contributed by atoms with Crippen LogP contribution in [0.1, 0.15) is 10.4 Å². The molecule has 0 N–H and O–H groups in total. The monoisotopic (exact) mass is 174 g/mol. The van der Waals surface area contributed by atoms with E-state index in [2.05, 4.69) is 13.8 Å². The first-order valence-electron chi connectivity index (χ1n) is 4.08. The maximum atomic E-state index is 11.7. The Labute approximate surface area is 77.5 Å². The predicted octanol–water partition coefficient (Wildman–Crippen LogP) is 1.92. The third-order valence-electron chi connectivity index (χ3n) is 2.12. The Morgan fingerprint density at radius 2 is 2.00 bits per heavy atom. The molecule has 0 atom stereocenters. The quantitative estimate of drug-likeness (QED) is 0.600. The molecule has 1 aliphatic heterocycles. The molecule has 0 amide bonds. The molecule has 0 aliphatic carbocycles. The number of Topliss-reactive ketones (excluding diaryl/α,β-unsaturated/α-hetero) is 1. The second kappa shape index (κ2) is 2.59. The molecule has 2 nitrogen and oxygen atoms in total. The van der Waals surface area contributed by atoms with Crippen LogP contribution in [0.25, 0.3) is 0 Å². The second-order valence-corrected chi connectivity index (χ2v) is 3.39. The van der Waals surface area contributed by atoms with Crippen molar-refractivity contribution >= 4 is 5.78 Å². The molecular formula is C11H10O2. The number of ketones is 1. The molecule has 0 spiro atoms. The summed E-state index contributed by atoms with van der Waals surface area (Å²) in [6, 6.07) is 7.16. The SMILES string of the molecule is [CH2]C1([CH2])COc2ccccc2C1=O. The Balaban J connectivity index is 2.52. The van der Waals surface area contributed by atoms with E-state index in [1.165, 1.54) is 0 Å². The van der Waals surface area contributed by atoms with Gasteiger partial charge in [-0.3, -0.25) is 4.79 Å². The lowest BCUT2D eigenvalue weighted by atomic mass is 9.83. The molecule has 0 fully saturated rings. The Morgan fingerprint density at radius 3 is 2.77 bits per heavy atom. The Morgan fingerprint density at radius 1 is 1.31 bits per heavy atom. The van der Waals surface area contributed by atoms with Crippen molar-refractivity contribution in [3.8, 4) is 5.75 Å². The van der Waals surface area contributed by atoms with Gasteiger partial charge in [0.2, 0.25) is 0 Å². The van der Waals surface area contributed by atoms with Crippen LogP contribution in [0.2, 0.25) is 0 Å². The van der Waals surface area contributed by atoms with Crippen molar-refractivity contribution in [3.63, 3.8) is 0 Å². The van der Waals surface area contributed by atoms with Crippen LogP contribution in [0.4, 0.5) is 0 Å². The Kier molecular flexibility index (Phi) is 1.65. The summed E-state index contributed by atoms with van der Waals surface area (Å²) < 4.78 is 5.36. The summed E-state index contributed by atoms with van der Waals surface area (Å²) in [5, 5.41) is 0. The fourth-order valence-electron chi connectivity index (χ4n) is 1.35. The molecule has 0 saturated carbocycles. The number of carbonyl (C=O) groups excluding carboxylic acids is 1. The number of hydrogen-bond acceptors (Lipinski definition) is 2. The lowest BCUT2D eigenvalue weighted by molar-refractivity contribution is 0.0781. The molecule has 2 radical (unpaired) electrons. The Hall–Kier alpha value is -1.31. The maximum absolute atomic E-state index is 11.7. The summed E-state index contributed by atoms with van der Waals surface area (Å²) in [6.45, 7) is 7.70. The minimum absolute atomic E-state index is 0.0469. The summed E-state index contributed by atoms with van der Waals surface area (Å²) in [5.41, 5.74) is -0.298. The van der Waals surface area contributed by atoms with Gasteiger partial charge in [-0.15, -0.1) is 0 Å². The third kappa shape index (κ3) is 1.22. The number of rotatable bonds is 0. The molecule has 0 saturated heterocycles. The van der Waals surface area contributed by atoms with E-state index in [-0.39, 0.29) is 12.4 Å². The van der Waals surface area contributed by atoms with E-state index < -0.39 is 5.41 Å². The van der Waals surface area contributed by atoms with Gasteiger partial charge >= 0.3 is 0 Å². The molecule has 2 heteroatoms. The molecule has 1 aliphatic rings. The van der Waals surface area contributed by atoms with E-state index in [1.54, 1.807) is 12.1 Å². The number of ether oxygens (including phenoxy) is 1. The number of carbonyl (C=O) groups is 1. The zero-order valence-electron chi connectivity index (χ0n) is 7.25. The van der Waals surface area contributed by atoms with Crippen LogP contribution in [0.15, 0.2) is 24.3 Å². The highest BCUT2D eigenvalue weighted by molar-refractivity contribution is 6.04. The standard InChI is InChI=1S/C11H10O2/c1-11(2)7-13-9-6-4-3-5-8(9)10(11)12/h3-6H,1-2,7H2. The fourth-order valence-corrected chi connectivity index (χ4v) is 1.35. The van der Waals surface area contributed by atoms with Gasteiger partial charge in [-0.1, -0.05) is 12.1 Å². The van der Waals surface area contributed by atoms with Gasteiger partial charge in [0.1, 0.15) is 12.4 Å². The summed E-state index contributed by atoms with van der Waals surface area (Å²) in [4.78, 5) is 11.7. The topological polar surface area (TPSA) is 26.3 Å². The van der Waals surface area contributed by atoms with Crippen molar-refractivity contribution in [2.24, 2.45) is 5.41 Å². The fraction of sp³-hybridized carbons (Fsp3) is 0.182. The number of fused-ring (bicyclic) bond motifs is 1. The van der Waals surface area contributed by atoms with Crippen molar-refractivity contribution in [2.75, 3.05) is 6.61 Å². The van der Waals surface area contributed by atoms with Gasteiger partial charge in [0.05, 0.1) is 11.0 Å². The minimum atomic E-state index is -0.881. The summed E-state index contributed by atoms with van der Waals surface area (Å²) in [6.07, 6.45) is 0. The van der Waals surface area contributed by atoms with Crippen LogP contribution in [0.5, 0.6) is 5.75 Å². The maximum Gasteiger partial charge on any atom is 0.176 e. The van der Waals surface area contributed by atoms with E-state index >= 15 is 0 Å². The molecule has 0 unspecified atom stereocenters. The molecule has 2 rings (SSSR count). The molecule has 0 aromatic heterocycles. The average molecular weight is 174 g/mol. The van der Waals surface area contributed by atoms with Gasteiger partial charge in [-0.2, -0.15) is 0 Å². The first kappa shape index (κ1) is 8.30. The van der Waals surface area contributed by atoms with Gasteiger partial charge in [0, 0.05) is 0 Å². The van der Waals surface area contributed by atoms with Crippen molar-refractivity contribution in [1.82, 2.24) is 0 Å². The molecule has 1 aromatic carbocycles. The van der Waals surface area contributed by atoms with Crippen LogP contribution >= 0.6 is 0 Å². The highest BCUT2D eigenvalue weighted by Crippen LogP contribution is 2.32. The van der Waals surface area contributed by atoms with Gasteiger partial charge in [-0.05, 0) is 26.0 Å². The van der Waals surface area contributed by atoms with Crippen LogP contribution in [-0.2, 0) is 0 Å². The van der Waals surface area contributed by atoms with Crippen molar-refractivity contribution in [1.29, 1.82) is 0 Å². The lowest BCUT2D eigenvalue weighted by Crippen LogP contribution is -2.36. The molecule has 1 aromatic rings. The minimum Gasteiger partial charge on any atom is -0.492 e.